The van der Waals surface area contributed by atoms with Gasteiger partial charge in [0.25, 0.3) is 0 Å². The number of sulfone groups is 1. The van der Waals surface area contributed by atoms with Crippen molar-refractivity contribution in [2.24, 2.45) is 7.05 Å². The molecular formula is C24H29BrN4O4S. The lowest BCUT2D eigenvalue weighted by atomic mass is 10.1. The summed E-state index contributed by atoms with van der Waals surface area (Å²) in [7, 11) is 0.362. The predicted octanol–water partition coefficient (Wildman–Crippen LogP) is 4.94. The molecule has 3 aromatic heterocycles. The maximum atomic E-state index is 12.7. The summed E-state index contributed by atoms with van der Waals surface area (Å²) in [6.45, 7) is 5.63. The number of hydrogen-bond donors (Lipinski definition) is 0. The van der Waals surface area contributed by atoms with Gasteiger partial charge in [0.1, 0.15) is 22.6 Å². The Morgan fingerprint density at radius 1 is 1.21 bits per heavy atom. The molecule has 0 saturated heterocycles. The first-order valence-electron chi connectivity index (χ1n) is 11.0. The number of ether oxygens (including phenoxy) is 2. The molecule has 0 unspecified atom stereocenters. The fourth-order valence-electron chi connectivity index (χ4n) is 3.88. The number of halogens is 1. The maximum absolute atomic E-state index is 12.7. The first-order valence-corrected chi connectivity index (χ1v) is 13.5. The highest BCUT2D eigenvalue weighted by Crippen LogP contribution is 2.35. The van der Waals surface area contributed by atoms with E-state index in [0.29, 0.717) is 22.2 Å². The van der Waals surface area contributed by atoms with Gasteiger partial charge in [-0.25, -0.2) is 18.4 Å². The highest BCUT2D eigenvalue weighted by Gasteiger charge is 2.31. The van der Waals surface area contributed by atoms with Crippen molar-refractivity contribution in [3.63, 3.8) is 0 Å². The van der Waals surface area contributed by atoms with Crippen LogP contribution in [0.15, 0.2) is 41.3 Å². The van der Waals surface area contributed by atoms with Gasteiger partial charge < -0.3 is 14.0 Å². The molecule has 0 saturated carbocycles. The smallest absolute Gasteiger partial charge is 0.161 e. The van der Waals surface area contributed by atoms with Crippen molar-refractivity contribution in [3.8, 4) is 17.0 Å². The third-order valence-corrected chi connectivity index (χ3v) is 9.51. The fraction of sp³-hybridized carbons (Fsp3) is 0.417. The lowest BCUT2D eigenvalue weighted by Crippen LogP contribution is -2.34. The summed E-state index contributed by atoms with van der Waals surface area (Å²) < 4.78 is 40.5. The number of methoxy groups -OCH3 is 1. The molecule has 8 nitrogen and oxygen atoms in total. The van der Waals surface area contributed by atoms with Crippen LogP contribution in [-0.4, -0.2) is 51.7 Å². The van der Waals surface area contributed by atoms with Crippen molar-refractivity contribution in [3.05, 3.63) is 41.3 Å². The number of fused-ring (bicyclic) bond motifs is 2. The van der Waals surface area contributed by atoms with Crippen LogP contribution in [-0.2, 0) is 28.4 Å². The summed E-state index contributed by atoms with van der Waals surface area (Å²) in [6, 6.07) is 7.93. The SMILES string of the molecule is CCC(C)(C)S(=O)(=O)CCOCn1c(-c2cn(C)c3ccc(OC)cc23)cc2nc(Br)cnc21. The average molecular weight is 549 g/mol. The van der Waals surface area contributed by atoms with E-state index < -0.39 is 14.6 Å². The molecule has 1 aromatic carbocycles. The second kappa shape index (κ2) is 9.31. The Balaban J connectivity index is 1.72. The zero-order valence-corrected chi connectivity index (χ0v) is 22.4. The summed E-state index contributed by atoms with van der Waals surface area (Å²) in [6.07, 6.45) is 4.25. The second-order valence-corrected chi connectivity index (χ2v) is 12.4. The van der Waals surface area contributed by atoms with Crippen LogP contribution in [0.1, 0.15) is 27.2 Å². The molecule has 0 atom stereocenters. The highest BCUT2D eigenvalue weighted by molar-refractivity contribution is 9.10. The van der Waals surface area contributed by atoms with Crippen LogP contribution in [0.4, 0.5) is 0 Å². The quantitative estimate of drug-likeness (QED) is 0.275. The molecule has 34 heavy (non-hydrogen) atoms. The standard InChI is InChI=1S/C24H29BrN4O4S/c1-6-24(2,3)34(30,31)10-9-33-15-29-21(12-19-23(29)26-13-22(25)27-19)18-14-28(4)20-8-7-16(32-5)11-17(18)20/h7-8,11-14H,6,9-10,15H2,1-5H3. The van der Waals surface area contributed by atoms with Gasteiger partial charge >= 0.3 is 0 Å². The summed E-state index contributed by atoms with van der Waals surface area (Å²) in [5.74, 6) is 0.729. The van der Waals surface area contributed by atoms with Gasteiger partial charge in [0.15, 0.2) is 15.5 Å². The van der Waals surface area contributed by atoms with E-state index >= 15 is 0 Å². The molecule has 0 aliphatic heterocycles. The van der Waals surface area contributed by atoms with E-state index in [1.54, 1.807) is 27.2 Å². The number of benzene rings is 1. The molecule has 3 heterocycles. The van der Waals surface area contributed by atoms with E-state index in [-0.39, 0.29) is 19.1 Å². The largest absolute Gasteiger partial charge is 0.497 e. The normalized spacial score (nSPS) is 12.6. The van der Waals surface area contributed by atoms with Gasteiger partial charge in [-0.05, 0) is 60.5 Å². The third-order valence-electron chi connectivity index (χ3n) is 6.45. The fourth-order valence-corrected chi connectivity index (χ4v) is 5.50. The van der Waals surface area contributed by atoms with Crippen LogP contribution >= 0.6 is 15.9 Å². The molecule has 0 aliphatic carbocycles. The zero-order chi connectivity index (χ0) is 24.7. The topological polar surface area (TPSA) is 88.2 Å². The van der Waals surface area contributed by atoms with E-state index in [4.69, 9.17) is 9.47 Å². The van der Waals surface area contributed by atoms with Crippen LogP contribution in [0, 0.1) is 0 Å². The lowest BCUT2D eigenvalue weighted by Gasteiger charge is -2.22. The van der Waals surface area contributed by atoms with Crippen LogP contribution in [0.25, 0.3) is 33.3 Å². The van der Waals surface area contributed by atoms with E-state index in [2.05, 4.69) is 36.7 Å². The monoisotopic (exact) mass is 548 g/mol. The number of nitrogens with zero attached hydrogens (tertiary/aromatic N) is 4. The second-order valence-electron chi connectivity index (χ2n) is 8.87. The van der Waals surface area contributed by atoms with Crippen molar-refractivity contribution in [1.29, 1.82) is 0 Å². The predicted molar refractivity (Wildman–Crippen MR) is 138 cm³/mol. The molecule has 0 aliphatic rings. The molecule has 0 spiro atoms. The zero-order valence-electron chi connectivity index (χ0n) is 20.0. The van der Waals surface area contributed by atoms with E-state index in [9.17, 15) is 8.42 Å². The number of aromatic nitrogens is 4. The van der Waals surface area contributed by atoms with Gasteiger partial charge in [0.2, 0.25) is 0 Å². The minimum atomic E-state index is -3.28. The summed E-state index contributed by atoms with van der Waals surface area (Å²) in [4.78, 5) is 9.12. The lowest BCUT2D eigenvalue weighted by molar-refractivity contribution is 0.0926. The molecule has 0 fully saturated rings. The summed E-state index contributed by atoms with van der Waals surface area (Å²) in [5.41, 5.74) is 4.30. The van der Waals surface area contributed by atoms with Crippen LogP contribution < -0.4 is 4.74 Å². The molecule has 0 amide bonds. The first-order chi connectivity index (χ1) is 16.1. The molecule has 0 bridgehead atoms. The number of hydrogen-bond acceptors (Lipinski definition) is 6. The first kappa shape index (κ1) is 24.7. The number of aryl methyl sites for hydroxylation is 1. The van der Waals surface area contributed by atoms with Crippen LogP contribution in [0.5, 0.6) is 5.75 Å². The average Bonchev–Trinajstić information content (AvgIpc) is 3.32. The molecule has 4 rings (SSSR count). The third kappa shape index (κ3) is 4.46. The minimum absolute atomic E-state index is 0.0366. The molecular weight excluding hydrogens is 520 g/mol. The van der Waals surface area contributed by atoms with Gasteiger partial charge in [0.05, 0.1) is 36.1 Å². The Morgan fingerprint density at radius 3 is 2.68 bits per heavy atom. The Morgan fingerprint density at radius 2 is 1.97 bits per heavy atom. The molecule has 182 valence electrons. The van der Waals surface area contributed by atoms with Crippen LogP contribution in [0.2, 0.25) is 0 Å². The van der Waals surface area contributed by atoms with Crippen molar-refractivity contribution in [1.82, 2.24) is 19.1 Å². The van der Waals surface area contributed by atoms with Crippen molar-refractivity contribution < 1.29 is 17.9 Å². The Bertz CT molecular complexity index is 1460. The Labute approximate surface area is 207 Å². The van der Waals surface area contributed by atoms with Crippen LogP contribution in [0.3, 0.4) is 0 Å². The van der Waals surface area contributed by atoms with Crippen molar-refractivity contribution >= 4 is 47.8 Å². The molecule has 0 radical (unpaired) electrons. The van der Waals surface area contributed by atoms with E-state index in [1.165, 1.54) is 0 Å². The molecule has 10 heteroatoms. The van der Waals surface area contributed by atoms with Gasteiger partial charge in [-0.15, -0.1) is 0 Å². The van der Waals surface area contributed by atoms with E-state index in [0.717, 1.165) is 27.9 Å². The Kier molecular flexibility index (Phi) is 6.76. The summed E-state index contributed by atoms with van der Waals surface area (Å²) in [5, 5.41) is 1.03. The maximum Gasteiger partial charge on any atom is 0.161 e. The van der Waals surface area contributed by atoms with Crippen molar-refractivity contribution in [2.45, 2.75) is 38.7 Å². The van der Waals surface area contributed by atoms with Gasteiger partial charge in [-0.3, -0.25) is 4.57 Å². The van der Waals surface area contributed by atoms with E-state index in [1.807, 2.05) is 42.8 Å². The summed E-state index contributed by atoms with van der Waals surface area (Å²) >= 11 is 3.39. The van der Waals surface area contributed by atoms with Crippen molar-refractivity contribution in [2.75, 3.05) is 19.5 Å². The van der Waals surface area contributed by atoms with Gasteiger partial charge in [0, 0.05) is 29.7 Å². The molecule has 4 aromatic rings. The highest BCUT2D eigenvalue weighted by atomic mass is 79.9. The van der Waals surface area contributed by atoms with Gasteiger partial charge in [-0.2, -0.15) is 0 Å². The van der Waals surface area contributed by atoms with Gasteiger partial charge in [-0.1, -0.05) is 6.92 Å². The number of rotatable bonds is 9. The minimum Gasteiger partial charge on any atom is -0.497 e. The molecule has 0 N–H and O–H groups in total. The Hall–Kier alpha value is -2.43.